The molecule has 2 heteroatoms. The van der Waals surface area contributed by atoms with Crippen molar-refractivity contribution in [1.82, 2.24) is 10.2 Å². The Labute approximate surface area is 89.1 Å². The van der Waals surface area contributed by atoms with Crippen LogP contribution in [0.3, 0.4) is 0 Å². The molecule has 0 amide bonds. The van der Waals surface area contributed by atoms with Crippen molar-refractivity contribution >= 4 is 0 Å². The highest BCUT2D eigenvalue weighted by atomic mass is 15.1. The van der Waals surface area contributed by atoms with Crippen molar-refractivity contribution in [3.63, 3.8) is 0 Å². The van der Waals surface area contributed by atoms with Crippen LogP contribution in [0.4, 0.5) is 0 Å². The Balaban J connectivity index is 2.09. The lowest BCUT2D eigenvalue weighted by atomic mass is 10.1. The molecular weight excluding hydrogens is 172 g/mol. The highest BCUT2D eigenvalue weighted by Crippen LogP contribution is 2.11. The molecule has 2 nitrogen and oxygen atoms in total. The molecule has 0 aromatic carbocycles. The molecule has 1 aliphatic rings. The first-order chi connectivity index (χ1) is 6.74. The summed E-state index contributed by atoms with van der Waals surface area (Å²) < 4.78 is 0. The molecule has 0 aliphatic carbocycles. The van der Waals surface area contributed by atoms with E-state index in [9.17, 15) is 0 Å². The molecule has 1 aliphatic heterocycles. The summed E-state index contributed by atoms with van der Waals surface area (Å²) in [6.45, 7) is 7.09. The molecule has 0 aromatic heterocycles. The second-order valence-corrected chi connectivity index (χ2v) is 4.70. The van der Waals surface area contributed by atoms with Crippen LogP contribution in [0.25, 0.3) is 0 Å². The summed E-state index contributed by atoms with van der Waals surface area (Å²) in [6.07, 6.45) is 6.71. The highest BCUT2D eigenvalue weighted by Gasteiger charge is 2.15. The molecule has 0 spiro atoms. The van der Waals surface area contributed by atoms with Gasteiger partial charge >= 0.3 is 0 Å². The van der Waals surface area contributed by atoms with Gasteiger partial charge in [0.05, 0.1) is 0 Å². The first-order valence-electron chi connectivity index (χ1n) is 6.17. The van der Waals surface area contributed by atoms with Crippen molar-refractivity contribution in [1.29, 1.82) is 0 Å². The lowest BCUT2D eigenvalue weighted by Gasteiger charge is -2.25. The van der Waals surface area contributed by atoms with Gasteiger partial charge in [-0.2, -0.15) is 0 Å². The van der Waals surface area contributed by atoms with Crippen LogP contribution in [0.1, 0.15) is 46.0 Å². The number of hydrogen-bond acceptors (Lipinski definition) is 2. The molecule has 0 aromatic rings. The van der Waals surface area contributed by atoms with Gasteiger partial charge in [-0.25, -0.2) is 0 Å². The Morgan fingerprint density at radius 1 is 1.50 bits per heavy atom. The van der Waals surface area contributed by atoms with E-state index in [1.807, 2.05) is 0 Å². The van der Waals surface area contributed by atoms with Gasteiger partial charge in [0.25, 0.3) is 0 Å². The first kappa shape index (κ1) is 12.0. The second-order valence-electron chi connectivity index (χ2n) is 4.70. The van der Waals surface area contributed by atoms with E-state index >= 15 is 0 Å². The molecule has 1 saturated heterocycles. The predicted octanol–water partition coefficient (Wildman–Crippen LogP) is 2.25. The molecule has 0 radical (unpaired) electrons. The predicted molar refractivity (Wildman–Crippen MR) is 62.6 cm³/mol. The van der Waals surface area contributed by atoms with Crippen molar-refractivity contribution in [2.75, 3.05) is 20.1 Å². The number of nitrogens with zero attached hydrogens (tertiary/aromatic N) is 1. The average Bonchev–Trinajstić information content (AvgIpc) is 2.67. The fraction of sp³-hybridized carbons (Fsp3) is 1.00. The van der Waals surface area contributed by atoms with Crippen molar-refractivity contribution < 1.29 is 0 Å². The van der Waals surface area contributed by atoms with Crippen LogP contribution in [0.5, 0.6) is 0 Å². The van der Waals surface area contributed by atoms with Crippen LogP contribution < -0.4 is 5.32 Å². The zero-order valence-corrected chi connectivity index (χ0v) is 10.1. The van der Waals surface area contributed by atoms with E-state index in [4.69, 9.17) is 0 Å². The van der Waals surface area contributed by atoms with Crippen LogP contribution in [-0.2, 0) is 0 Å². The van der Waals surface area contributed by atoms with E-state index in [-0.39, 0.29) is 0 Å². The summed E-state index contributed by atoms with van der Waals surface area (Å²) in [5.74, 6) is 0. The average molecular weight is 198 g/mol. The number of nitrogens with one attached hydrogen (secondary N) is 1. The molecule has 1 rings (SSSR count). The fourth-order valence-corrected chi connectivity index (χ4v) is 2.22. The Morgan fingerprint density at radius 3 is 2.86 bits per heavy atom. The lowest BCUT2D eigenvalue weighted by molar-refractivity contribution is 0.234. The molecule has 0 saturated carbocycles. The molecule has 2 atom stereocenters. The van der Waals surface area contributed by atoms with E-state index in [0.29, 0.717) is 0 Å². The molecule has 1 heterocycles. The van der Waals surface area contributed by atoms with E-state index in [1.54, 1.807) is 0 Å². The van der Waals surface area contributed by atoms with Gasteiger partial charge in [0.1, 0.15) is 0 Å². The maximum absolute atomic E-state index is 3.56. The normalized spacial score (nSPS) is 24.4. The van der Waals surface area contributed by atoms with E-state index in [0.717, 1.165) is 12.1 Å². The first-order valence-corrected chi connectivity index (χ1v) is 6.17. The van der Waals surface area contributed by atoms with Crippen LogP contribution in [0.2, 0.25) is 0 Å². The Bertz CT molecular complexity index is 141. The van der Waals surface area contributed by atoms with Crippen LogP contribution in [0, 0.1) is 0 Å². The maximum atomic E-state index is 3.56. The third kappa shape index (κ3) is 3.97. The number of hydrogen-bond donors (Lipinski definition) is 1. The van der Waals surface area contributed by atoms with Gasteiger partial charge in [-0.1, -0.05) is 13.3 Å². The standard InChI is InChI=1S/C12H26N2/c1-4-6-11(2)14(3)10-8-12-7-5-9-13-12/h11-13H,4-10H2,1-3H3. The monoisotopic (exact) mass is 198 g/mol. The van der Waals surface area contributed by atoms with Gasteiger partial charge in [0.15, 0.2) is 0 Å². The lowest BCUT2D eigenvalue weighted by Crippen LogP contribution is -2.33. The van der Waals surface area contributed by atoms with E-state index in [1.165, 1.54) is 45.2 Å². The Morgan fingerprint density at radius 2 is 2.29 bits per heavy atom. The van der Waals surface area contributed by atoms with E-state index in [2.05, 4.69) is 31.1 Å². The van der Waals surface area contributed by atoms with Gasteiger partial charge in [0, 0.05) is 12.1 Å². The van der Waals surface area contributed by atoms with Crippen molar-refractivity contribution in [3.8, 4) is 0 Å². The smallest absolute Gasteiger partial charge is 0.00797 e. The van der Waals surface area contributed by atoms with Gasteiger partial charge in [-0.05, 0) is 52.7 Å². The van der Waals surface area contributed by atoms with Gasteiger partial charge in [0.2, 0.25) is 0 Å². The second kappa shape index (κ2) is 6.41. The summed E-state index contributed by atoms with van der Waals surface area (Å²) in [6, 6.07) is 1.55. The third-order valence-electron chi connectivity index (χ3n) is 3.45. The van der Waals surface area contributed by atoms with Gasteiger partial charge in [-0.3, -0.25) is 0 Å². The summed E-state index contributed by atoms with van der Waals surface area (Å²) in [5, 5.41) is 3.56. The van der Waals surface area contributed by atoms with Crippen molar-refractivity contribution in [3.05, 3.63) is 0 Å². The van der Waals surface area contributed by atoms with Crippen LogP contribution in [0.15, 0.2) is 0 Å². The van der Waals surface area contributed by atoms with Crippen LogP contribution in [-0.4, -0.2) is 37.1 Å². The molecule has 84 valence electrons. The molecular formula is C12H26N2. The fourth-order valence-electron chi connectivity index (χ4n) is 2.22. The summed E-state index contributed by atoms with van der Waals surface area (Å²) in [7, 11) is 2.26. The maximum Gasteiger partial charge on any atom is 0.00797 e. The van der Waals surface area contributed by atoms with Gasteiger partial charge < -0.3 is 10.2 Å². The molecule has 1 N–H and O–H groups in total. The van der Waals surface area contributed by atoms with Crippen molar-refractivity contribution in [2.24, 2.45) is 0 Å². The SMILES string of the molecule is CCCC(C)N(C)CCC1CCCN1. The van der Waals surface area contributed by atoms with E-state index < -0.39 is 0 Å². The molecule has 2 unspecified atom stereocenters. The molecule has 1 fully saturated rings. The molecule has 14 heavy (non-hydrogen) atoms. The minimum Gasteiger partial charge on any atom is -0.314 e. The zero-order valence-electron chi connectivity index (χ0n) is 10.1. The Kier molecular flexibility index (Phi) is 5.49. The summed E-state index contributed by atoms with van der Waals surface area (Å²) in [4.78, 5) is 2.50. The van der Waals surface area contributed by atoms with Gasteiger partial charge in [-0.15, -0.1) is 0 Å². The minimum absolute atomic E-state index is 0.751. The summed E-state index contributed by atoms with van der Waals surface area (Å²) in [5.41, 5.74) is 0. The van der Waals surface area contributed by atoms with Crippen molar-refractivity contribution in [2.45, 2.75) is 58.0 Å². The quantitative estimate of drug-likeness (QED) is 0.704. The minimum atomic E-state index is 0.751. The number of rotatable bonds is 6. The molecule has 0 bridgehead atoms. The largest absolute Gasteiger partial charge is 0.314 e. The van der Waals surface area contributed by atoms with Crippen LogP contribution >= 0.6 is 0 Å². The summed E-state index contributed by atoms with van der Waals surface area (Å²) >= 11 is 0. The Hall–Kier alpha value is -0.0800. The highest BCUT2D eigenvalue weighted by molar-refractivity contribution is 4.75. The third-order valence-corrected chi connectivity index (χ3v) is 3.45. The topological polar surface area (TPSA) is 15.3 Å². The zero-order chi connectivity index (χ0) is 10.4.